The van der Waals surface area contributed by atoms with Crippen molar-refractivity contribution in [3.63, 3.8) is 0 Å². The van der Waals surface area contributed by atoms with Crippen molar-refractivity contribution < 1.29 is 4.52 Å². The summed E-state index contributed by atoms with van der Waals surface area (Å²) >= 11 is 1.62. The smallest absolute Gasteiger partial charge is 0.258 e. The lowest BCUT2D eigenvalue weighted by Crippen LogP contribution is -1.84. The molecular formula is C19H12N4OS. The van der Waals surface area contributed by atoms with Crippen LogP contribution in [0.4, 0.5) is 0 Å². The van der Waals surface area contributed by atoms with E-state index in [4.69, 9.17) is 9.78 Å². The van der Waals surface area contributed by atoms with Gasteiger partial charge >= 0.3 is 0 Å². The Hall–Kier alpha value is -3.30. The summed E-state index contributed by atoms with van der Waals surface area (Å²) in [7, 11) is 0. The lowest BCUT2D eigenvalue weighted by Gasteiger charge is -1.99. The molecule has 0 aliphatic heterocycles. The monoisotopic (exact) mass is 344 g/mol. The number of aromatic nitrogens is 3. The van der Waals surface area contributed by atoms with Crippen LogP contribution < -0.4 is 0 Å². The Morgan fingerprint density at radius 1 is 1.00 bits per heavy atom. The van der Waals surface area contributed by atoms with Gasteiger partial charge < -0.3 is 4.52 Å². The second kappa shape index (κ2) is 6.30. The van der Waals surface area contributed by atoms with Crippen LogP contribution in [0.2, 0.25) is 0 Å². The summed E-state index contributed by atoms with van der Waals surface area (Å²) in [6, 6.07) is 17.0. The fraction of sp³-hybridized carbons (Fsp3) is 0.0526. The first-order chi connectivity index (χ1) is 12.2. The molecule has 5 nitrogen and oxygen atoms in total. The molecule has 0 fully saturated rings. The van der Waals surface area contributed by atoms with Gasteiger partial charge in [-0.25, -0.2) is 4.98 Å². The molecule has 0 radical (unpaired) electrons. The van der Waals surface area contributed by atoms with Gasteiger partial charge in [0.1, 0.15) is 0 Å². The summed E-state index contributed by atoms with van der Waals surface area (Å²) < 4.78 is 5.37. The van der Waals surface area contributed by atoms with Gasteiger partial charge in [0.15, 0.2) is 0 Å². The average molecular weight is 344 g/mol. The van der Waals surface area contributed by atoms with Crippen molar-refractivity contribution in [1.29, 1.82) is 5.26 Å². The number of hydrogen-bond donors (Lipinski definition) is 0. The molecule has 0 saturated heterocycles. The van der Waals surface area contributed by atoms with Crippen molar-refractivity contribution in [2.45, 2.75) is 6.92 Å². The number of nitriles is 1. The minimum absolute atomic E-state index is 0.425. The molecule has 4 rings (SSSR count). The van der Waals surface area contributed by atoms with Gasteiger partial charge in [-0.1, -0.05) is 23.4 Å². The number of rotatable bonds is 3. The van der Waals surface area contributed by atoms with E-state index >= 15 is 0 Å². The maximum absolute atomic E-state index is 8.87. The van der Waals surface area contributed by atoms with Crippen molar-refractivity contribution in [1.82, 2.24) is 15.1 Å². The Kier molecular flexibility index (Phi) is 3.84. The number of hydrogen-bond acceptors (Lipinski definition) is 6. The molecule has 0 atom stereocenters. The number of thiazole rings is 1. The summed E-state index contributed by atoms with van der Waals surface area (Å²) in [5, 5.41) is 16.0. The van der Waals surface area contributed by atoms with Gasteiger partial charge in [-0.15, -0.1) is 11.3 Å². The number of benzene rings is 2. The van der Waals surface area contributed by atoms with E-state index in [1.165, 1.54) is 0 Å². The summed E-state index contributed by atoms with van der Waals surface area (Å²) in [5.74, 6) is 0.947. The number of nitrogens with zero attached hydrogens (tertiary/aromatic N) is 4. The molecular weight excluding hydrogens is 332 g/mol. The van der Waals surface area contributed by atoms with Gasteiger partial charge in [0.2, 0.25) is 5.82 Å². The summed E-state index contributed by atoms with van der Waals surface area (Å²) in [4.78, 5) is 8.98. The summed E-state index contributed by atoms with van der Waals surface area (Å²) in [5.41, 5.74) is 4.21. The molecule has 0 saturated carbocycles. The molecule has 4 aromatic rings. The highest BCUT2D eigenvalue weighted by Gasteiger charge is 2.12. The quantitative estimate of drug-likeness (QED) is 0.538. The van der Waals surface area contributed by atoms with E-state index in [1.807, 2.05) is 36.6 Å². The third kappa shape index (κ3) is 3.05. The van der Waals surface area contributed by atoms with Crippen LogP contribution >= 0.6 is 11.3 Å². The molecule has 0 spiro atoms. The van der Waals surface area contributed by atoms with Crippen molar-refractivity contribution in [3.05, 3.63) is 64.5 Å². The third-order valence-corrected chi connectivity index (χ3v) is 4.50. The van der Waals surface area contributed by atoms with E-state index in [1.54, 1.807) is 35.6 Å². The third-order valence-electron chi connectivity index (χ3n) is 3.72. The van der Waals surface area contributed by atoms with Gasteiger partial charge in [0, 0.05) is 22.1 Å². The van der Waals surface area contributed by atoms with E-state index in [-0.39, 0.29) is 0 Å². The first-order valence-electron chi connectivity index (χ1n) is 7.60. The largest absolute Gasteiger partial charge is 0.334 e. The number of aryl methyl sites for hydroxylation is 1. The highest BCUT2D eigenvalue weighted by atomic mass is 32.1. The summed E-state index contributed by atoms with van der Waals surface area (Å²) in [6.45, 7) is 1.99. The van der Waals surface area contributed by atoms with Crippen molar-refractivity contribution >= 4 is 11.3 Å². The normalized spacial score (nSPS) is 10.6. The molecule has 0 unspecified atom stereocenters. The van der Waals surface area contributed by atoms with Crippen LogP contribution in [0.5, 0.6) is 0 Å². The van der Waals surface area contributed by atoms with E-state index in [9.17, 15) is 0 Å². The van der Waals surface area contributed by atoms with Crippen molar-refractivity contribution in [3.8, 4) is 40.2 Å². The molecule has 2 aromatic carbocycles. The van der Waals surface area contributed by atoms with Gasteiger partial charge in [-0.2, -0.15) is 10.2 Å². The standard InChI is InChI=1S/C19H12N4OS/c1-12-21-17(11-25-12)15-3-2-4-16(9-15)18-22-19(24-23-18)14-7-5-13(10-20)6-8-14/h2-9,11H,1H3. The van der Waals surface area contributed by atoms with Gasteiger partial charge in [-0.3, -0.25) is 0 Å². The minimum atomic E-state index is 0.425. The predicted octanol–water partition coefficient (Wildman–Crippen LogP) is 4.71. The Labute approximate surface area is 148 Å². The zero-order valence-corrected chi connectivity index (χ0v) is 14.1. The zero-order valence-electron chi connectivity index (χ0n) is 13.3. The highest BCUT2D eigenvalue weighted by molar-refractivity contribution is 7.09. The van der Waals surface area contributed by atoms with Crippen LogP contribution in [-0.4, -0.2) is 15.1 Å². The minimum Gasteiger partial charge on any atom is -0.334 e. The lowest BCUT2D eigenvalue weighted by molar-refractivity contribution is 0.432. The Bertz CT molecular complexity index is 1070. The first kappa shape index (κ1) is 15.2. The predicted molar refractivity (Wildman–Crippen MR) is 95.7 cm³/mol. The van der Waals surface area contributed by atoms with Crippen LogP contribution in [0.15, 0.2) is 58.4 Å². The Morgan fingerprint density at radius 3 is 2.52 bits per heavy atom. The molecule has 0 amide bonds. The maximum atomic E-state index is 8.87. The molecule has 2 heterocycles. The van der Waals surface area contributed by atoms with Crippen LogP contribution in [0.1, 0.15) is 10.6 Å². The molecule has 0 aliphatic carbocycles. The van der Waals surface area contributed by atoms with Gasteiger partial charge in [-0.05, 0) is 37.3 Å². The topological polar surface area (TPSA) is 75.6 Å². The fourth-order valence-electron chi connectivity index (χ4n) is 2.46. The molecule has 0 bridgehead atoms. The van der Waals surface area contributed by atoms with Crippen LogP contribution in [0.25, 0.3) is 34.1 Å². The van der Waals surface area contributed by atoms with Crippen LogP contribution in [0.3, 0.4) is 0 Å². The second-order valence-electron chi connectivity index (χ2n) is 5.44. The SMILES string of the molecule is Cc1nc(-c2cccc(-c3noc(-c4ccc(C#N)cc4)n3)c2)cs1. The molecule has 6 heteroatoms. The molecule has 0 aliphatic rings. The van der Waals surface area contributed by atoms with E-state index in [2.05, 4.69) is 21.2 Å². The average Bonchev–Trinajstić information content (AvgIpc) is 3.31. The van der Waals surface area contributed by atoms with Gasteiger partial charge in [0.05, 0.1) is 22.3 Å². The zero-order chi connectivity index (χ0) is 17.2. The molecule has 25 heavy (non-hydrogen) atoms. The van der Waals surface area contributed by atoms with E-state index < -0.39 is 0 Å². The van der Waals surface area contributed by atoms with Crippen molar-refractivity contribution in [2.75, 3.05) is 0 Å². The molecule has 120 valence electrons. The van der Waals surface area contributed by atoms with E-state index in [0.29, 0.717) is 17.3 Å². The van der Waals surface area contributed by atoms with Crippen LogP contribution in [0, 0.1) is 18.3 Å². The van der Waals surface area contributed by atoms with Gasteiger partial charge in [0.25, 0.3) is 5.89 Å². The second-order valence-corrected chi connectivity index (χ2v) is 6.51. The Balaban J connectivity index is 1.67. The van der Waals surface area contributed by atoms with E-state index in [0.717, 1.165) is 27.4 Å². The molecule has 2 aromatic heterocycles. The fourth-order valence-corrected chi connectivity index (χ4v) is 3.08. The van der Waals surface area contributed by atoms with Crippen molar-refractivity contribution in [2.24, 2.45) is 0 Å². The van der Waals surface area contributed by atoms with Crippen LogP contribution in [-0.2, 0) is 0 Å². The molecule has 0 N–H and O–H groups in total. The maximum Gasteiger partial charge on any atom is 0.258 e. The Morgan fingerprint density at radius 2 is 1.80 bits per heavy atom. The first-order valence-corrected chi connectivity index (χ1v) is 8.48. The lowest BCUT2D eigenvalue weighted by atomic mass is 10.1. The summed E-state index contributed by atoms with van der Waals surface area (Å²) in [6.07, 6.45) is 0. The highest BCUT2D eigenvalue weighted by Crippen LogP contribution is 2.27.